The molecule has 0 aliphatic heterocycles. The molecule has 19 heavy (non-hydrogen) atoms. The van der Waals surface area contributed by atoms with Gasteiger partial charge in [0.2, 0.25) is 0 Å². The van der Waals surface area contributed by atoms with Crippen molar-refractivity contribution in [2.45, 2.75) is 26.0 Å². The highest BCUT2D eigenvalue weighted by Crippen LogP contribution is 2.30. The van der Waals surface area contributed by atoms with Crippen LogP contribution in [0, 0.1) is 5.82 Å². The summed E-state index contributed by atoms with van der Waals surface area (Å²) in [4.78, 5) is 0. The highest BCUT2D eigenvalue weighted by Gasteiger charge is 2.22. The number of hydrogen-bond donors (Lipinski definition) is 1. The zero-order valence-electron chi connectivity index (χ0n) is 10.3. The van der Waals surface area contributed by atoms with E-state index >= 15 is 0 Å². The third kappa shape index (κ3) is 2.99. The Morgan fingerprint density at radius 3 is 2.89 bits per heavy atom. The van der Waals surface area contributed by atoms with E-state index in [0.29, 0.717) is 21.7 Å². The van der Waals surface area contributed by atoms with E-state index in [1.807, 2.05) is 6.92 Å². The quantitative estimate of drug-likeness (QED) is 0.910. The highest BCUT2D eigenvalue weighted by atomic mass is 79.9. The molecule has 1 unspecified atom stereocenters. The van der Waals surface area contributed by atoms with Crippen LogP contribution in [0.5, 0.6) is 0 Å². The van der Waals surface area contributed by atoms with Gasteiger partial charge in [0.25, 0.3) is 0 Å². The molecular formula is C13H13BrClFN2O. The molecule has 6 heteroatoms. The lowest BCUT2D eigenvalue weighted by molar-refractivity contribution is 0.202. The molecular weight excluding hydrogens is 335 g/mol. The zero-order chi connectivity index (χ0) is 14.0. The van der Waals surface area contributed by atoms with Gasteiger partial charge in [-0.05, 0) is 18.6 Å². The van der Waals surface area contributed by atoms with Gasteiger partial charge in [-0.25, -0.2) is 4.39 Å². The number of aromatic nitrogens is 2. The van der Waals surface area contributed by atoms with Gasteiger partial charge in [0.15, 0.2) is 0 Å². The second-order valence-corrected chi connectivity index (χ2v) is 5.49. The van der Waals surface area contributed by atoms with E-state index in [4.69, 9.17) is 11.6 Å². The van der Waals surface area contributed by atoms with Crippen LogP contribution in [0.3, 0.4) is 0 Å². The zero-order valence-corrected chi connectivity index (χ0v) is 12.6. The van der Waals surface area contributed by atoms with Gasteiger partial charge in [0.1, 0.15) is 11.9 Å². The third-order valence-electron chi connectivity index (χ3n) is 2.78. The summed E-state index contributed by atoms with van der Waals surface area (Å²) < 4.78 is 16.1. The minimum Gasteiger partial charge on any atom is -0.382 e. The Morgan fingerprint density at radius 2 is 2.26 bits per heavy atom. The number of hydrogen-bond acceptors (Lipinski definition) is 2. The molecule has 0 fully saturated rings. The van der Waals surface area contributed by atoms with Gasteiger partial charge in [-0.3, -0.25) is 4.68 Å². The topological polar surface area (TPSA) is 38.0 Å². The molecule has 0 amide bonds. The first-order chi connectivity index (χ1) is 9.04. The average molecular weight is 348 g/mol. The average Bonchev–Trinajstić information content (AvgIpc) is 2.70. The Balaban J connectivity index is 2.43. The molecule has 0 spiro atoms. The summed E-state index contributed by atoms with van der Waals surface area (Å²) >= 11 is 9.22. The lowest BCUT2D eigenvalue weighted by Crippen LogP contribution is -2.11. The molecule has 1 aromatic carbocycles. The second kappa shape index (κ2) is 6.03. The molecule has 0 aliphatic carbocycles. The summed E-state index contributed by atoms with van der Waals surface area (Å²) in [6.45, 7) is 2.61. The van der Waals surface area contributed by atoms with E-state index in [1.54, 1.807) is 10.7 Å². The Labute approximate surface area is 124 Å². The largest absolute Gasteiger partial charge is 0.382 e. The molecule has 3 nitrogen and oxygen atoms in total. The van der Waals surface area contributed by atoms with Crippen molar-refractivity contribution >= 4 is 27.5 Å². The molecule has 1 heterocycles. The molecule has 0 saturated heterocycles. The lowest BCUT2D eigenvalue weighted by Gasteiger charge is -2.15. The van der Waals surface area contributed by atoms with Crippen LogP contribution in [0.2, 0.25) is 5.02 Å². The van der Waals surface area contributed by atoms with Crippen LogP contribution in [0.1, 0.15) is 30.7 Å². The molecule has 0 saturated carbocycles. The number of benzene rings is 1. The molecule has 0 bridgehead atoms. The van der Waals surface area contributed by atoms with Crippen molar-refractivity contribution in [1.82, 2.24) is 9.78 Å². The molecule has 0 radical (unpaired) electrons. The van der Waals surface area contributed by atoms with Crippen LogP contribution in [0.25, 0.3) is 0 Å². The van der Waals surface area contributed by atoms with Crippen LogP contribution in [-0.4, -0.2) is 14.9 Å². The van der Waals surface area contributed by atoms with Crippen molar-refractivity contribution in [1.29, 1.82) is 0 Å². The smallest absolute Gasteiger partial charge is 0.130 e. The fourth-order valence-corrected chi connectivity index (χ4v) is 2.48. The van der Waals surface area contributed by atoms with E-state index in [-0.39, 0.29) is 5.56 Å². The van der Waals surface area contributed by atoms with Crippen LogP contribution in [0.15, 0.2) is 28.9 Å². The van der Waals surface area contributed by atoms with Gasteiger partial charge in [0.05, 0.1) is 16.9 Å². The van der Waals surface area contributed by atoms with Crippen LogP contribution < -0.4 is 0 Å². The Hall–Kier alpha value is -0.910. The van der Waals surface area contributed by atoms with E-state index in [0.717, 1.165) is 6.42 Å². The third-order valence-corrected chi connectivity index (χ3v) is 3.57. The van der Waals surface area contributed by atoms with Crippen molar-refractivity contribution in [3.63, 3.8) is 0 Å². The SMILES string of the molecule is CCCn1ncc(Cl)c1C(O)c1ccc(Br)cc1F. The maximum absolute atomic E-state index is 13.9. The van der Waals surface area contributed by atoms with E-state index < -0.39 is 11.9 Å². The maximum Gasteiger partial charge on any atom is 0.130 e. The minimum atomic E-state index is -1.13. The summed E-state index contributed by atoms with van der Waals surface area (Å²) in [5.41, 5.74) is 0.604. The monoisotopic (exact) mass is 346 g/mol. The molecule has 1 atom stereocenters. The van der Waals surface area contributed by atoms with Gasteiger partial charge >= 0.3 is 0 Å². The summed E-state index contributed by atoms with van der Waals surface area (Å²) in [7, 11) is 0. The number of aliphatic hydroxyl groups is 1. The fourth-order valence-electron chi connectivity index (χ4n) is 1.90. The first-order valence-corrected chi connectivity index (χ1v) is 7.06. The van der Waals surface area contributed by atoms with Crippen LogP contribution in [-0.2, 0) is 6.54 Å². The van der Waals surface area contributed by atoms with Crippen LogP contribution >= 0.6 is 27.5 Å². The summed E-state index contributed by atoms with van der Waals surface area (Å²) in [5, 5.41) is 14.8. The van der Waals surface area contributed by atoms with Gasteiger partial charge in [-0.2, -0.15) is 5.10 Å². The van der Waals surface area contributed by atoms with Gasteiger partial charge < -0.3 is 5.11 Å². The lowest BCUT2D eigenvalue weighted by atomic mass is 10.1. The van der Waals surface area contributed by atoms with Crippen molar-refractivity contribution in [2.75, 3.05) is 0 Å². The van der Waals surface area contributed by atoms with E-state index in [9.17, 15) is 9.50 Å². The molecule has 2 rings (SSSR count). The van der Waals surface area contributed by atoms with E-state index in [1.165, 1.54) is 18.3 Å². The minimum absolute atomic E-state index is 0.183. The van der Waals surface area contributed by atoms with Crippen LogP contribution in [0.4, 0.5) is 4.39 Å². The van der Waals surface area contributed by atoms with Gasteiger partial charge in [0, 0.05) is 16.6 Å². The second-order valence-electron chi connectivity index (χ2n) is 4.17. The summed E-state index contributed by atoms with van der Waals surface area (Å²) in [6, 6.07) is 4.52. The Morgan fingerprint density at radius 1 is 1.53 bits per heavy atom. The Kier molecular flexibility index (Phi) is 4.60. The van der Waals surface area contributed by atoms with Crippen molar-refractivity contribution in [3.05, 3.63) is 51.0 Å². The predicted octanol–water partition coefficient (Wildman–Crippen LogP) is 3.93. The first kappa shape index (κ1) is 14.5. The molecule has 1 N–H and O–H groups in total. The summed E-state index contributed by atoms with van der Waals surface area (Å²) in [6.07, 6.45) is 1.18. The molecule has 2 aromatic rings. The predicted molar refractivity (Wildman–Crippen MR) is 75.7 cm³/mol. The first-order valence-electron chi connectivity index (χ1n) is 5.88. The van der Waals surface area contributed by atoms with Crippen molar-refractivity contribution in [3.8, 4) is 0 Å². The summed E-state index contributed by atoms with van der Waals surface area (Å²) in [5.74, 6) is -0.484. The molecule has 102 valence electrons. The van der Waals surface area contributed by atoms with Crippen molar-refractivity contribution in [2.24, 2.45) is 0 Å². The van der Waals surface area contributed by atoms with E-state index in [2.05, 4.69) is 21.0 Å². The fraction of sp³-hybridized carbons (Fsp3) is 0.308. The number of halogens is 3. The highest BCUT2D eigenvalue weighted by molar-refractivity contribution is 9.10. The van der Waals surface area contributed by atoms with Crippen molar-refractivity contribution < 1.29 is 9.50 Å². The normalized spacial score (nSPS) is 12.7. The maximum atomic E-state index is 13.9. The number of aliphatic hydroxyl groups excluding tert-OH is 1. The van der Waals surface area contributed by atoms with Gasteiger partial charge in [-0.1, -0.05) is 40.5 Å². The van der Waals surface area contributed by atoms with Gasteiger partial charge in [-0.15, -0.1) is 0 Å². The standard InChI is InChI=1S/C13H13BrClFN2O/c1-2-5-18-12(10(15)7-17-18)13(19)9-4-3-8(14)6-11(9)16/h3-4,6-7,13,19H,2,5H2,1H3. The number of nitrogens with zero attached hydrogens (tertiary/aromatic N) is 2. The number of rotatable bonds is 4. The Bertz CT molecular complexity index is 588. The molecule has 0 aliphatic rings. The number of aryl methyl sites for hydroxylation is 1. The molecule has 1 aromatic heterocycles.